The molecule has 0 unspecified atom stereocenters. The Morgan fingerprint density at radius 3 is 2.59 bits per heavy atom. The molecule has 4 fully saturated rings. The number of nitrogens with one attached hydrogen (secondary N) is 2. The third-order valence-corrected chi connectivity index (χ3v) is 7.49. The van der Waals surface area contributed by atoms with Crippen molar-refractivity contribution in [2.45, 2.75) is 55.4 Å². The molecule has 5 nitrogen and oxygen atoms in total. The molecule has 3 aliphatic carbocycles. The van der Waals surface area contributed by atoms with Crippen LogP contribution in [0.15, 0.2) is 34.9 Å². The molecule has 142 valence electrons. The Morgan fingerprint density at radius 1 is 1.07 bits per heavy atom. The van der Waals surface area contributed by atoms with E-state index in [-0.39, 0.29) is 5.41 Å². The maximum atomic E-state index is 5.74. The lowest BCUT2D eigenvalue weighted by atomic mass is 10.0. The van der Waals surface area contributed by atoms with E-state index in [1.807, 2.05) is 0 Å². The quantitative estimate of drug-likeness (QED) is 0.825. The largest absolute Gasteiger partial charge is 0.339 e. The molecule has 1 aromatic carbocycles. The first-order chi connectivity index (χ1) is 13.3. The molecule has 0 radical (unpaired) electrons. The minimum absolute atomic E-state index is 0.127. The van der Waals surface area contributed by atoms with Gasteiger partial charge in [-0.2, -0.15) is 4.98 Å². The van der Waals surface area contributed by atoms with Crippen LogP contribution in [-0.4, -0.2) is 35.8 Å². The lowest BCUT2D eigenvalue weighted by Crippen LogP contribution is -2.30. The van der Waals surface area contributed by atoms with E-state index in [0.29, 0.717) is 17.9 Å². The molecule has 1 aliphatic heterocycles. The van der Waals surface area contributed by atoms with Crippen LogP contribution in [0.2, 0.25) is 0 Å². The molecule has 5 atom stereocenters. The van der Waals surface area contributed by atoms with Crippen LogP contribution in [0.25, 0.3) is 0 Å². The molecule has 5 heteroatoms. The summed E-state index contributed by atoms with van der Waals surface area (Å²) in [6.45, 7) is 3.32. The lowest BCUT2D eigenvalue weighted by molar-refractivity contribution is 0.340. The van der Waals surface area contributed by atoms with Crippen molar-refractivity contribution in [3.63, 3.8) is 0 Å². The van der Waals surface area contributed by atoms with Crippen LogP contribution >= 0.6 is 0 Å². The normalized spacial score (nSPS) is 35.9. The van der Waals surface area contributed by atoms with Crippen LogP contribution in [0.1, 0.15) is 61.2 Å². The predicted molar refractivity (Wildman–Crippen MR) is 103 cm³/mol. The first-order valence-electron chi connectivity index (χ1n) is 10.6. The molecule has 2 heterocycles. The second-order valence-electron chi connectivity index (χ2n) is 9.32. The van der Waals surface area contributed by atoms with Crippen molar-refractivity contribution in [1.29, 1.82) is 0 Å². The zero-order valence-corrected chi connectivity index (χ0v) is 15.7. The van der Waals surface area contributed by atoms with Gasteiger partial charge in [0.2, 0.25) is 5.89 Å². The molecule has 4 aliphatic rings. The van der Waals surface area contributed by atoms with Crippen LogP contribution in [0.3, 0.4) is 0 Å². The Kier molecular flexibility index (Phi) is 3.70. The van der Waals surface area contributed by atoms with Gasteiger partial charge in [-0.15, -0.1) is 0 Å². The topological polar surface area (TPSA) is 63.0 Å². The highest BCUT2D eigenvalue weighted by Gasteiger charge is 2.51. The van der Waals surface area contributed by atoms with Gasteiger partial charge in [-0.25, -0.2) is 0 Å². The number of fused-ring (bicyclic) bond motifs is 1. The summed E-state index contributed by atoms with van der Waals surface area (Å²) in [5, 5.41) is 11.7. The van der Waals surface area contributed by atoms with Crippen molar-refractivity contribution in [3.05, 3.63) is 47.6 Å². The van der Waals surface area contributed by atoms with E-state index in [9.17, 15) is 0 Å². The van der Waals surface area contributed by atoms with Gasteiger partial charge in [0.15, 0.2) is 5.82 Å². The molecule has 1 aromatic heterocycles. The monoisotopic (exact) mass is 364 g/mol. The van der Waals surface area contributed by atoms with Gasteiger partial charge < -0.3 is 15.2 Å². The Labute approximate surface area is 160 Å². The summed E-state index contributed by atoms with van der Waals surface area (Å²) in [6, 6.07) is 11.5. The predicted octanol–water partition coefficient (Wildman–Crippen LogP) is 2.96. The van der Waals surface area contributed by atoms with E-state index in [0.717, 1.165) is 30.1 Å². The Hall–Kier alpha value is -1.72. The number of benzene rings is 1. The minimum atomic E-state index is 0.127. The summed E-state index contributed by atoms with van der Waals surface area (Å²) < 4.78 is 5.74. The third-order valence-electron chi connectivity index (χ3n) is 7.49. The Balaban J connectivity index is 1.08. The zero-order chi connectivity index (χ0) is 17.8. The Bertz CT molecular complexity index is 803. The second kappa shape index (κ2) is 6.14. The van der Waals surface area contributed by atoms with Gasteiger partial charge in [-0.3, -0.25) is 0 Å². The maximum absolute atomic E-state index is 5.74. The summed E-state index contributed by atoms with van der Waals surface area (Å²) in [7, 11) is 0. The minimum Gasteiger partial charge on any atom is -0.339 e. The fraction of sp³-hybridized carbons (Fsp3) is 0.636. The van der Waals surface area contributed by atoms with Crippen LogP contribution in [-0.2, 0) is 5.41 Å². The van der Waals surface area contributed by atoms with Gasteiger partial charge >= 0.3 is 0 Å². The van der Waals surface area contributed by atoms with Crippen LogP contribution in [0.5, 0.6) is 0 Å². The molecule has 1 saturated heterocycles. The van der Waals surface area contributed by atoms with Crippen molar-refractivity contribution < 1.29 is 4.52 Å². The van der Waals surface area contributed by atoms with Gasteiger partial charge in [0, 0.05) is 29.8 Å². The van der Waals surface area contributed by atoms with Gasteiger partial charge in [0.25, 0.3) is 0 Å². The van der Waals surface area contributed by atoms with Crippen molar-refractivity contribution in [3.8, 4) is 0 Å². The van der Waals surface area contributed by atoms with Crippen LogP contribution in [0, 0.1) is 11.8 Å². The smallest absolute Gasteiger partial charge is 0.229 e. The summed E-state index contributed by atoms with van der Waals surface area (Å²) in [6.07, 6.45) is 6.04. The van der Waals surface area contributed by atoms with E-state index in [1.165, 1.54) is 50.8 Å². The molecule has 27 heavy (non-hydrogen) atoms. The van der Waals surface area contributed by atoms with E-state index in [1.54, 1.807) is 0 Å². The maximum Gasteiger partial charge on any atom is 0.229 e. The van der Waals surface area contributed by atoms with Gasteiger partial charge in [-0.05, 0) is 62.6 Å². The second-order valence-corrected chi connectivity index (χ2v) is 9.32. The van der Waals surface area contributed by atoms with Gasteiger partial charge in [-0.1, -0.05) is 35.5 Å². The average molecular weight is 364 g/mol. The van der Waals surface area contributed by atoms with E-state index in [4.69, 9.17) is 9.51 Å². The highest BCUT2D eigenvalue weighted by atomic mass is 16.5. The van der Waals surface area contributed by atoms with E-state index in [2.05, 4.69) is 46.1 Å². The lowest BCUT2D eigenvalue weighted by Gasteiger charge is -2.12. The van der Waals surface area contributed by atoms with Gasteiger partial charge in [0.05, 0.1) is 0 Å². The van der Waals surface area contributed by atoms with Crippen LogP contribution < -0.4 is 10.6 Å². The standard InChI is InChI=1S/C22H28N4O/c1-2-4-14(5-3-1)18-10-19(18)24-13-22(6-7-22)21-25-20(27-26-21)15-8-16-11-23-12-17(16)9-15/h1-5,15-19,23-24H,6-13H2/t15-,16-,17+,18-,19+/m0/s1. The first-order valence-corrected chi connectivity index (χ1v) is 10.6. The molecular formula is C22H28N4O. The fourth-order valence-electron chi connectivity index (χ4n) is 5.43. The number of rotatable bonds is 6. The van der Waals surface area contributed by atoms with Crippen molar-refractivity contribution in [2.75, 3.05) is 19.6 Å². The summed E-state index contributed by atoms with van der Waals surface area (Å²) in [5.74, 6) is 4.64. The molecule has 3 saturated carbocycles. The summed E-state index contributed by atoms with van der Waals surface area (Å²) in [5.41, 5.74) is 1.59. The molecular weight excluding hydrogens is 336 g/mol. The van der Waals surface area contributed by atoms with E-state index >= 15 is 0 Å². The van der Waals surface area contributed by atoms with Crippen LogP contribution in [0.4, 0.5) is 0 Å². The highest BCUT2D eigenvalue weighted by molar-refractivity contribution is 5.28. The summed E-state index contributed by atoms with van der Waals surface area (Å²) >= 11 is 0. The fourth-order valence-corrected chi connectivity index (χ4v) is 5.43. The Morgan fingerprint density at radius 2 is 1.85 bits per heavy atom. The third kappa shape index (κ3) is 2.92. The average Bonchev–Trinajstić information content (AvgIpc) is 3.46. The molecule has 2 N–H and O–H groups in total. The molecule has 0 bridgehead atoms. The number of hydrogen-bond acceptors (Lipinski definition) is 5. The van der Waals surface area contributed by atoms with Gasteiger partial charge in [0.1, 0.15) is 0 Å². The molecule has 2 aromatic rings. The highest BCUT2D eigenvalue weighted by Crippen LogP contribution is 2.49. The number of nitrogens with zero attached hydrogens (tertiary/aromatic N) is 2. The summed E-state index contributed by atoms with van der Waals surface area (Å²) in [4.78, 5) is 4.89. The zero-order valence-electron chi connectivity index (χ0n) is 15.7. The molecule has 0 amide bonds. The molecule has 6 rings (SSSR count). The van der Waals surface area contributed by atoms with Crippen molar-refractivity contribution in [1.82, 2.24) is 20.8 Å². The number of aromatic nitrogens is 2. The first kappa shape index (κ1) is 16.3. The number of hydrogen-bond donors (Lipinski definition) is 2. The SMILES string of the molecule is c1ccc([C@@H]2C[C@H]2NCC2(c3noc([C@H]4C[C@H]5CNC[C@H]5C4)n3)CC2)cc1. The van der Waals surface area contributed by atoms with E-state index < -0.39 is 0 Å². The molecule has 0 spiro atoms. The van der Waals surface area contributed by atoms with Crippen molar-refractivity contribution >= 4 is 0 Å². The van der Waals surface area contributed by atoms with Crippen molar-refractivity contribution in [2.24, 2.45) is 11.8 Å².